The van der Waals surface area contributed by atoms with E-state index in [1.807, 2.05) is 62.4 Å². The van der Waals surface area contributed by atoms with Gasteiger partial charge in [0.25, 0.3) is 0 Å². The van der Waals surface area contributed by atoms with Crippen molar-refractivity contribution in [3.8, 4) is 22.7 Å². The quantitative estimate of drug-likeness (QED) is 0.103. The second-order valence-electron chi connectivity index (χ2n) is 8.76. The Morgan fingerprint density at radius 2 is 0.651 bits per heavy atom. The first-order valence-corrected chi connectivity index (χ1v) is 17.1. The zero-order valence-corrected chi connectivity index (χ0v) is 27.6. The van der Waals surface area contributed by atoms with Crippen LogP contribution in [0.5, 0.6) is 0 Å². The average molecular weight is 677 g/mol. The molecule has 6 aromatic rings. The van der Waals surface area contributed by atoms with E-state index in [0.29, 0.717) is 11.6 Å². The van der Waals surface area contributed by atoms with E-state index in [4.69, 9.17) is 24.4 Å². The Balaban J connectivity index is 0.00000147. The molecular weight excluding hydrogens is 655 g/mol. The van der Waals surface area contributed by atoms with E-state index in [1.54, 1.807) is 97.4 Å². The Morgan fingerprint density at radius 3 is 0.860 bits per heavy atom. The van der Waals surface area contributed by atoms with Gasteiger partial charge in [0.2, 0.25) is 0 Å². The van der Waals surface area contributed by atoms with Gasteiger partial charge in [0, 0.05) is 49.6 Å². The van der Waals surface area contributed by atoms with Crippen molar-refractivity contribution in [1.29, 1.82) is 0 Å². The predicted octanol–water partition coefficient (Wildman–Crippen LogP) is 8.49. The van der Waals surface area contributed by atoms with Crippen molar-refractivity contribution < 1.29 is 2.10 Å². The summed E-state index contributed by atoms with van der Waals surface area (Å²) in [5.41, 5.74) is 3.87. The van der Waals surface area contributed by atoms with Gasteiger partial charge >= 0.3 is 0 Å². The summed E-state index contributed by atoms with van der Waals surface area (Å²) in [6.45, 7) is 4.00. The summed E-state index contributed by atoms with van der Waals surface area (Å²) in [6.07, 6.45) is 14.3. The van der Waals surface area contributed by atoms with Crippen LogP contribution in [-0.2, 0) is 0 Å². The van der Waals surface area contributed by atoms with Gasteiger partial charge in [0.05, 0.1) is 22.7 Å². The molecule has 43 heavy (non-hydrogen) atoms. The lowest BCUT2D eigenvalue weighted by molar-refractivity contribution is -0.268. The number of hydrogen-bond acceptors (Lipinski definition) is 10. The lowest BCUT2D eigenvalue weighted by atomic mass is 10.4. The molecule has 6 aromatic heterocycles. The lowest BCUT2D eigenvalue weighted by Crippen LogP contribution is -2.12. The summed E-state index contributed by atoms with van der Waals surface area (Å²) in [6, 6.07) is 15.9. The molecule has 15 heteroatoms. The minimum atomic E-state index is 0.521. The van der Waals surface area contributed by atoms with E-state index in [1.165, 1.54) is 0 Å². The monoisotopic (exact) mass is 676 g/mol. The molecule has 0 unspecified atom stereocenters. The molecule has 9 nitrogen and oxygen atoms in total. The Bertz CT molecular complexity index is 1750. The van der Waals surface area contributed by atoms with Gasteiger partial charge in [-0.15, -0.1) is 0 Å². The van der Waals surface area contributed by atoms with Crippen molar-refractivity contribution in [2.75, 3.05) is 0 Å². The number of aromatic nitrogens is 8. The average Bonchev–Trinajstić information content (AvgIpc) is 3.74. The van der Waals surface area contributed by atoms with Gasteiger partial charge < -0.3 is 0 Å². The number of fused-ring (bicyclic) bond motifs is 2. The molecule has 8 rings (SSSR count). The summed E-state index contributed by atoms with van der Waals surface area (Å²) in [5, 5.41) is 4.27. The van der Waals surface area contributed by atoms with E-state index in [9.17, 15) is 0 Å². The molecule has 0 fully saturated rings. The van der Waals surface area contributed by atoms with Crippen LogP contribution in [0.15, 0.2) is 118 Å². The summed E-state index contributed by atoms with van der Waals surface area (Å²) >= 11 is 19.2. The van der Waals surface area contributed by atoms with Crippen LogP contribution in [0.3, 0.4) is 0 Å². The highest BCUT2D eigenvalue weighted by molar-refractivity contribution is 8.31. The van der Waals surface area contributed by atoms with Gasteiger partial charge in [0.15, 0.2) is 77.4 Å². The molecule has 8 heterocycles. The highest BCUT2D eigenvalue weighted by atomic mass is 32.3. The Kier molecular flexibility index (Phi) is 7.79. The van der Waals surface area contributed by atoms with E-state index >= 15 is 0 Å². The number of quaternary nitrogens is 1. The van der Waals surface area contributed by atoms with E-state index in [-0.39, 0.29) is 0 Å². The second kappa shape index (κ2) is 11.7. The number of imidazole rings is 2. The second-order valence-corrected chi connectivity index (χ2v) is 15.3. The van der Waals surface area contributed by atoms with Crippen LogP contribution in [0.1, 0.15) is 13.8 Å². The number of pyridine rings is 4. The van der Waals surface area contributed by atoms with Crippen molar-refractivity contribution in [3.05, 3.63) is 108 Å². The largest absolute Gasteiger partial charge is 0.274 e. The van der Waals surface area contributed by atoms with Gasteiger partial charge in [-0.05, 0) is 73.0 Å². The fraction of sp³-hybridized carbons (Fsp3) is 0.0714. The number of nitrogens with zero attached hydrogens (tertiary/aromatic N) is 9. The molecule has 2 aliphatic rings. The highest BCUT2D eigenvalue weighted by Crippen LogP contribution is 2.72. The molecule has 0 aliphatic carbocycles. The van der Waals surface area contributed by atoms with Crippen LogP contribution >= 0.6 is 72.2 Å². The van der Waals surface area contributed by atoms with Crippen LogP contribution in [0.4, 0.5) is 0 Å². The summed E-state index contributed by atoms with van der Waals surface area (Å²) < 4.78 is 10.4. The predicted molar refractivity (Wildman–Crippen MR) is 178 cm³/mol. The molecule has 0 atom stereocenters. The first-order chi connectivity index (χ1) is 21.1. The van der Waals surface area contributed by atoms with E-state index in [2.05, 4.69) is 38.2 Å². The highest BCUT2D eigenvalue weighted by Gasteiger charge is 2.57. The van der Waals surface area contributed by atoms with Crippen molar-refractivity contribution in [2.45, 2.75) is 34.0 Å². The van der Waals surface area contributed by atoms with Crippen LogP contribution in [0.2, 0.25) is 0 Å². The van der Waals surface area contributed by atoms with Crippen LogP contribution in [0.25, 0.3) is 22.7 Å². The standard InChI is InChI=1S/C26H16N9S6.C2H6/c36-25-31(17-1-9-27-10-2-17)21-22(32(25)18-3-11-28-12-4-18)39-35(38-21)40-23-24(41-35)34(20-7-15-30-16-8-20)26(37)33(23)19-5-13-29-14-6-19;1-2/h1-16H;1-2H3/q+1;. The third kappa shape index (κ3) is 4.79. The molecule has 1 spiro atoms. The Morgan fingerprint density at radius 1 is 0.442 bits per heavy atom. The third-order valence-electron chi connectivity index (χ3n) is 6.42. The van der Waals surface area contributed by atoms with Crippen molar-refractivity contribution in [2.24, 2.45) is 0 Å². The molecule has 0 aromatic carbocycles. The molecular formula is C28H22N9S6+. The van der Waals surface area contributed by atoms with Gasteiger partial charge in [-0.2, -0.15) is 0 Å². The molecule has 0 amide bonds. The maximum atomic E-state index is 6.07. The van der Waals surface area contributed by atoms with Gasteiger partial charge in [-0.3, -0.25) is 38.2 Å². The molecule has 0 bridgehead atoms. The third-order valence-corrected chi connectivity index (χ3v) is 13.2. The SMILES string of the molecule is CC.S=c1n(-c2ccncc2)c2c(n1-c1ccncc1)S[N+]1(S2)Sc2c(n(-c3ccncc3)c(=S)n2-c2ccncc2)S1. The van der Waals surface area contributed by atoms with Crippen molar-refractivity contribution in [3.63, 3.8) is 0 Å². The normalized spacial score (nSPS) is 14.3. The maximum absolute atomic E-state index is 6.07. The van der Waals surface area contributed by atoms with Crippen LogP contribution in [-0.4, -0.2) is 40.3 Å². The summed E-state index contributed by atoms with van der Waals surface area (Å²) in [4.78, 5) is 16.9. The van der Waals surface area contributed by atoms with Crippen molar-refractivity contribution >= 4 is 72.2 Å². The maximum Gasteiger partial charge on any atom is 0.191 e. The zero-order chi connectivity index (χ0) is 29.6. The topological polar surface area (TPSA) is 71.3 Å². The van der Waals surface area contributed by atoms with E-state index in [0.717, 1.165) is 42.9 Å². The molecule has 2 aliphatic heterocycles. The molecule has 0 radical (unpaired) electrons. The Labute approximate surface area is 275 Å². The fourth-order valence-electron chi connectivity index (χ4n) is 4.67. The zero-order valence-electron chi connectivity index (χ0n) is 22.7. The lowest BCUT2D eigenvalue weighted by Gasteiger charge is -2.18. The first kappa shape index (κ1) is 28.6. The van der Waals surface area contributed by atoms with Gasteiger partial charge in [0.1, 0.15) is 0 Å². The number of rotatable bonds is 4. The van der Waals surface area contributed by atoms with E-state index < -0.39 is 0 Å². The van der Waals surface area contributed by atoms with Gasteiger partial charge in [-0.25, -0.2) is 0 Å². The van der Waals surface area contributed by atoms with Gasteiger partial charge in [-0.1, -0.05) is 16.0 Å². The fourth-order valence-corrected chi connectivity index (χ4v) is 12.2. The minimum absolute atomic E-state index is 0.521. The Hall–Kier alpha value is -3.18. The molecule has 214 valence electrons. The van der Waals surface area contributed by atoms with Crippen LogP contribution in [0, 0.1) is 9.54 Å². The minimum Gasteiger partial charge on any atom is -0.274 e. The molecule has 0 saturated carbocycles. The number of hydrogen-bond donors (Lipinski definition) is 0. The summed E-state index contributed by atoms with van der Waals surface area (Å²) in [5.74, 6) is 0. The smallest absolute Gasteiger partial charge is 0.191 e. The first-order valence-electron chi connectivity index (χ1n) is 13.2. The molecule has 0 saturated heterocycles. The summed E-state index contributed by atoms with van der Waals surface area (Å²) in [7, 11) is 0. The van der Waals surface area contributed by atoms with Crippen molar-refractivity contribution in [1.82, 2.24) is 38.2 Å². The van der Waals surface area contributed by atoms with Crippen LogP contribution < -0.4 is 0 Å². The molecule has 0 N–H and O–H groups in total.